The zero-order valence-electron chi connectivity index (χ0n) is 18.8. The molecule has 0 aromatic carbocycles. The lowest BCUT2D eigenvalue weighted by molar-refractivity contribution is -0.367. The number of hydrogen-bond donors (Lipinski definition) is 0. The molecule has 3 aliphatic rings. The van der Waals surface area contributed by atoms with Crippen molar-refractivity contribution in [3.05, 3.63) is 0 Å². The van der Waals surface area contributed by atoms with Crippen LogP contribution in [0, 0.1) is 35.5 Å². The van der Waals surface area contributed by atoms with Crippen LogP contribution in [0.1, 0.15) is 73.1 Å². The number of esters is 1. The largest absolute Gasteiger partial charge is 0.435 e. The van der Waals surface area contributed by atoms with Crippen molar-refractivity contribution < 1.29 is 28.5 Å². The highest BCUT2D eigenvalue weighted by Crippen LogP contribution is 2.53. The predicted octanol–water partition coefficient (Wildman–Crippen LogP) is 4.30. The van der Waals surface area contributed by atoms with Crippen LogP contribution >= 0.6 is 0 Å². The molecule has 2 heterocycles. The summed E-state index contributed by atoms with van der Waals surface area (Å²) >= 11 is 0. The van der Waals surface area contributed by atoms with Gasteiger partial charge in [0.1, 0.15) is 5.78 Å². The number of methoxy groups -OCH3 is 1. The molecule has 6 heteroatoms. The van der Waals surface area contributed by atoms with Crippen LogP contribution in [-0.2, 0) is 28.5 Å². The first-order chi connectivity index (χ1) is 13.6. The summed E-state index contributed by atoms with van der Waals surface area (Å²) in [5.74, 6) is 0.881. The van der Waals surface area contributed by atoms with Gasteiger partial charge in [0.15, 0.2) is 12.1 Å². The first kappa shape index (κ1) is 22.7. The summed E-state index contributed by atoms with van der Waals surface area (Å²) in [5, 5.41) is 0. The molecule has 166 valence electrons. The third kappa shape index (κ3) is 4.86. The second-order valence-corrected chi connectivity index (χ2v) is 9.80. The van der Waals surface area contributed by atoms with Crippen LogP contribution in [0.5, 0.6) is 0 Å². The van der Waals surface area contributed by atoms with Crippen LogP contribution in [0.3, 0.4) is 0 Å². The Kier molecular flexibility index (Phi) is 7.06. The number of carbonyl (C=O) groups is 2. The third-order valence-corrected chi connectivity index (χ3v) is 7.56. The summed E-state index contributed by atoms with van der Waals surface area (Å²) in [4.78, 5) is 24.2. The summed E-state index contributed by atoms with van der Waals surface area (Å²) in [6.07, 6.45) is 3.39. The van der Waals surface area contributed by atoms with E-state index in [4.69, 9.17) is 18.9 Å². The highest BCUT2D eigenvalue weighted by molar-refractivity contribution is 5.84. The standard InChI is InChI=1S/C23H38O6/c1-13(2)18(24)9-10-19(25)27-21-15(4)17-8-7-14(3)16-11-12-23(5,26-6)29-22(28-21)20(16)17/h13-17,20-22H,7-12H2,1-6H3/t14-,15-,16+,17+,20?,21-,22-,23?/m1/s1. The smallest absolute Gasteiger partial charge is 0.308 e. The van der Waals surface area contributed by atoms with E-state index >= 15 is 0 Å². The molecular formula is C23H38O6. The molecule has 3 fully saturated rings. The average molecular weight is 411 g/mol. The highest BCUT2D eigenvalue weighted by atomic mass is 16.8. The van der Waals surface area contributed by atoms with E-state index in [-0.39, 0.29) is 36.4 Å². The van der Waals surface area contributed by atoms with Crippen LogP contribution in [0.4, 0.5) is 0 Å². The van der Waals surface area contributed by atoms with E-state index in [0.29, 0.717) is 23.7 Å². The SMILES string of the molecule is COC1(C)CC[C@@H]2C3[C@H](O[C@@H](OC(=O)CCC(=O)C(C)C)[C@H](C)[C@@H]3CC[C@H]2C)O1. The number of rotatable bonds is 6. The molecule has 1 saturated carbocycles. The molecule has 2 aliphatic heterocycles. The molecule has 0 aromatic rings. The maximum atomic E-state index is 12.4. The van der Waals surface area contributed by atoms with E-state index in [0.717, 1.165) is 19.3 Å². The summed E-state index contributed by atoms with van der Waals surface area (Å²) in [5.41, 5.74) is 0. The summed E-state index contributed by atoms with van der Waals surface area (Å²) in [6, 6.07) is 0. The normalized spacial score (nSPS) is 42.1. The van der Waals surface area contributed by atoms with Gasteiger partial charge in [0, 0.05) is 37.7 Å². The Bertz CT molecular complexity index is 604. The van der Waals surface area contributed by atoms with Crippen molar-refractivity contribution in [3.8, 4) is 0 Å². The second-order valence-electron chi connectivity index (χ2n) is 9.80. The van der Waals surface area contributed by atoms with Crippen LogP contribution in [0.25, 0.3) is 0 Å². The third-order valence-electron chi connectivity index (χ3n) is 7.56. The van der Waals surface area contributed by atoms with Crippen molar-refractivity contribution in [2.75, 3.05) is 7.11 Å². The molecule has 6 nitrogen and oxygen atoms in total. The minimum atomic E-state index is -0.689. The lowest BCUT2D eigenvalue weighted by atomic mass is 9.61. The van der Waals surface area contributed by atoms with Crippen molar-refractivity contribution in [2.24, 2.45) is 35.5 Å². The predicted molar refractivity (Wildman–Crippen MR) is 108 cm³/mol. The fourth-order valence-corrected chi connectivity index (χ4v) is 5.43. The van der Waals surface area contributed by atoms with Gasteiger partial charge in [-0.15, -0.1) is 0 Å². The van der Waals surface area contributed by atoms with Gasteiger partial charge in [-0.2, -0.15) is 0 Å². The van der Waals surface area contributed by atoms with Gasteiger partial charge < -0.3 is 18.9 Å². The molecular weight excluding hydrogens is 372 g/mol. The van der Waals surface area contributed by atoms with Crippen LogP contribution in [0.2, 0.25) is 0 Å². The molecule has 3 rings (SSSR count). The van der Waals surface area contributed by atoms with E-state index in [1.54, 1.807) is 7.11 Å². The first-order valence-corrected chi connectivity index (χ1v) is 11.3. The molecule has 1 aliphatic carbocycles. The van der Waals surface area contributed by atoms with Gasteiger partial charge in [0.25, 0.3) is 0 Å². The number of ether oxygens (including phenoxy) is 4. The average Bonchev–Trinajstić information content (AvgIpc) is 2.83. The second kappa shape index (κ2) is 9.03. The molecule has 0 amide bonds. The Morgan fingerprint density at radius 1 is 1.10 bits per heavy atom. The number of hydrogen-bond acceptors (Lipinski definition) is 6. The van der Waals surface area contributed by atoms with Gasteiger partial charge in [0.2, 0.25) is 6.29 Å². The topological polar surface area (TPSA) is 71.1 Å². The first-order valence-electron chi connectivity index (χ1n) is 11.3. The lowest BCUT2D eigenvalue weighted by Crippen LogP contribution is -2.54. The lowest BCUT2D eigenvalue weighted by Gasteiger charge is -2.51. The van der Waals surface area contributed by atoms with Gasteiger partial charge in [-0.1, -0.05) is 34.1 Å². The quantitative estimate of drug-likeness (QED) is 0.608. The van der Waals surface area contributed by atoms with Gasteiger partial charge in [-0.3, -0.25) is 9.59 Å². The Labute approximate surface area is 175 Å². The zero-order valence-corrected chi connectivity index (χ0v) is 18.8. The summed E-state index contributed by atoms with van der Waals surface area (Å²) in [7, 11) is 1.67. The highest BCUT2D eigenvalue weighted by Gasteiger charge is 2.55. The minimum Gasteiger partial charge on any atom is -0.435 e. The Morgan fingerprint density at radius 2 is 1.83 bits per heavy atom. The number of ketones is 1. The van der Waals surface area contributed by atoms with E-state index in [9.17, 15) is 9.59 Å². The maximum Gasteiger partial charge on any atom is 0.308 e. The van der Waals surface area contributed by atoms with Gasteiger partial charge in [-0.05, 0) is 37.5 Å². The van der Waals surface area contributed by atoms with E-state index in [1.165, 1.54) is 6.42 Å². The summed E-state index contributed by atoms with van der Waals surface area (Å²) < 4.78 is 24.0. The van der Waals surface area contributed by atoms with E-state index < -0.39 is 18.4 Å². The molecule has 0 N–H and O–H groups in total. The van der Waals surface area contributed by atoms with Gasteiger partial charge in [-0.25, -0.2) is 0 Å². The monoisotopic (exact) mass is 410 g/mol. The minimum absolute atomic E-state index is 0.0688. The molecule has 2 unspecified atom stereocenters. The molecule has 0 bridgehead atoms. The van der Waals surface area contributed by atoms with Crippen molar-refractivity contribution in [2.45, 2.75) is 91.5 Å². The van der Waals surface area contributed by atoms with Crippen LogP contribution in [0.15, 0.2) is 0 Å². The van der Waals surface area contributed by atoms with Crippen LogP contribution in [-0.4, -0.2) is 37.2 Å². The number of Topliss-reactive ketones (excluding diaryl/α,β-unsaturated/α-hetero) is 1. The maximum absolute atomic E-state index is 12.4. The fourth-order valence-electron chi connectivity index (χ4n) is 5.43. The van der Waals surface area contributed by atoms with Gasteiger partial charge >= 0.3 is 5.97 Å². The molecule has 0 radical (unpaired) electrons. The molecule has 0 spiro atoms. The van der Waals surface area contributed by atoms with E-state index in [1.807, 2.05) is 20.8 Å². The molecule has 8 atom stereocenters. The summed E-state index contributed by atoms with van der Waals surface area (Å²) in [6.45, 7) is 10.1. The Balaban J connectivity index is 1.72. The van der Waals surface area contributed by atoms with Crippen LogP contribution < -0.4 is 0 Å². The molecule has 0 aromatic heterocycles. The molecule has 2 saturated heterocycles. The van der Waals surface area contributed by atoms with Crippen molar-refractivity contribution in [3.63, 3.8) is 0 Å². The van der Waals surface area contributed by atoms with E-state index in [2.05, 4.69) is 13.8 Å². The van der Waals surface area contributed by atoms with Gasteiger partial charge in [0.05, 0.1) is 6.42 Å². The number of carbonyl (C=O) groups excluding carboxylic acids is 2. The zero-order chi connectivity index (χ0) is 21.3. The fraction of sp³-hybridized carbons (Fsp3) is 0.913. The Morgan fingerprint density at radius 3 is 2.48 bits per heavy atom. The van der Waals surface area contributed by atoms with Crippen molar-refractivity contribution in [1.29, 1.82) is 0 Å². The van der Waals surface area contributed by atoms with Crippen molar-refractivity contribution in [1.82, 2.24) is 0 Å². The van der Waals surface area contributed by atoms with Crippen molar-refractivity contribution >= 4 is 11.8 Å². The Hall–Kier alpha value is -0.980. The molecule has 29 heavy (non-hydrogen) atoms.